The second-order valence-corrected chi connectivity index (χ2v) is 3.22. The van der Waals surface area contributed by atoms with Gasteiger partial charge in [-0.15, -0.1) is 0 Å². The Hall–Kier alpha value is -0.481. The second-order valence-electron chi connectivity index (χ2n) is 1.67. The number of hydrogen-bond donors (Lipinski definition) is 2. The van der Waals surface area contributed by atoms with Gasteiger partial charge in [0.2, 0.25) is 12.7 Å². The Morgan fingerprint density at radius 1 is 0.923 bits per heavy atom. The first-order chi connectivity index (χ1) is 6.41. The van der Waals surface area contributed by atoms with Crippen molar-refractivity contribution in [1.29, 1.82) is 0 Å². The zero-order valence-corrected chi connectivity index (χ0v) is 8.98. The van der Waals surface area contributed by atoms with Crippen LogP contribution in [0.15, 0.2) is 37.4 Å². The predicted octanol–water partition coefficient (Wildman–Crippen LogP) is 1.03. The molecule has 0 aliphatic carbocycles. The Morgan fingerprint density at radius 2 is 1.31 bits per heavy atom. The Morgan fingerprint density at radius 3 is 1.38 bits per heavy atom. The van der Waals surface area contributed by atoms with Crippen LogP contribution in [0.3, 0.4) is 0 Å². The van der Waals surface area contributed by atoms with Crippen LogP contribution in [-0.4, -0.2) is 9.97 Å². The number of hydrogen-bond acceptors (Lipinski definition) is 0. The maximum atomic E-state index is 4.67. The van der Waals surface area contributed by atoms with Gasteiger partial charge in [0.15, 0.2) is 0 Å². The molecule has 4 N–H and O–H groups in total. The standard InChI is InChI=1S/2C3H4N2.2ClH.Cu/c2*1-2-5-3-4-1;;;/h2*1-3H,(H,4,5);2*1H;. The van der Waals surface area contributed by atoms with Gasteiger partial charge >= 0.3 is 33.3 Å². The van der Waals surface area contributed by atoms with Gasteiger partial charge in [0.25, 0.3) is 0 Å². The second kappa shape index (κ2) is 11.5. The fourth-order valence-electron chi connectivity index (χ4n) is 0.481. The molecular weight excluding hydrogens is 263 g/mol. The van der Waals surface area contributed by atoms with E-state index in [-0.39, 0.29) is 0 Å². The van der Waals surface area contributed by atoms with Crippen LogP contribution in [0.2, 0.25) is 0 Å². The van der Waals surface area contributed by atoms with Crippen LogP contribution in [0.4, 0.5) is 0 Å². The number of aromatic nitrogens is 4. The van der Waals surface area contributed by atoms with E-state index in [2.05, 4.69) is 40.1 Å². The van der Waals surface area contributed by atoms with Crippen LogP contribution in [0.1, 0.15) is 0 Å². The molecule has 0 amide bonds. The van der Waals surface area contributed by atoms with E-state index >= 15 is 0 Å². The predicted molar refractivity (Wildman–Crippen MR) is 46.4 cm³/mol. The average Bonchev–Trinajstić information content (AvgIpc) is 2.85. The average molecular weight is 273 g/mol. The monoisotopic (exact) mass is 271 g/mol. The Balaban J connectivity index is 0.000000174. The summed E-state index contributed by atoms with van der Waals surface area (Å²) in [6.07, 6.45) is 10.8. The minimum absolute atomic E-state index is 0.757. The number of nitrogens with one attached hydrogen (secondary N) is 4. The van der Waals surface area contributed by atoms with Crippen molar-refractivity contribution in [2.45, 2.75) is 0 Å². The SMILES string of the molecule is [Cl][Cu-2][Cl].c1c[nH+]c[nH]1.c1c[nH+]c[nH]1. The molecule has 0 spiro atoms. The number of rotatable bonds is 0. The quantitative estimate of drug-likeness (QED) is 0.673. The molecule has 0 atom stereocenters. The van der Waals surface area contributed by atoms with E-state index in [1.807, 2.05) is 24.8 Å². The molecule has 0 fully saturated rings. The molecule has 4 nitrogen and oxygen atoms in total. The minimum atomic E-state index is 0.757. The van der Waals surface area contributed by atoms with E-state index in [0.29, 0.717) is 0 Å². The summed E-state index contributed by atoms with van der Waals surface area (Å²) in [6.45, 7) is 0. The summed E-state index contributed by atoms with van der Waals surface area (Å²) in [4.78, 5) is 11.2. The maximum Gasteiger partial charge on any atom is 0.239 e. The van der Waals surface area contributed by atoms with Crippen LogP contribution >= 0.6 is 20.2 Å². The summed E-state index contributed by atoms with van der Waals surface area (Å²) in [5.41, 5.74) is 0. The van der Waals surface area contributed by atoms with Crippen molar-refractivity contribution in [1.82, 2.24) is 9.97 Å². The molecule has 2 aromatic heterocycles. The van der Waals surface area contributed by atoms with Gasteiger partial charge in [-0.3, -0.25) is 19.9 Å². The van der Waals surface area contributed by atoms with Gasteiger partial charge in [-0.2, -0.15) is 0 Å². The molecule has 0 aliphatic heterocycles. The number of imidazole rings is 2. The molecule has 0 aromatic carbocycles. The van der Waals surface area contributed by atoms with Crippen molar-refractivity contribution in [2.75, 3.05) is 0 Å². The number of aromatic amines is 4. The first kappa shape index (κ1) is 12.5. The van der Waals surface area contributed by atoms with Crippen molar-refractivity contribution >= 4 is 20.2 Å². The Labute approximate surface area is 90.7 Å². The van der Waals surface area contributed by atoms with Gasteiger partial charge in [-0.1, -0.05) is 0 Å². The molecule has 2 heterocycles. The van der Waals surface area contributed by atoms with Crippen molar-refractivity contribution < 1.29 is 23.1 Å². The zero-order valence-electron chi connectivity index (χ0n) is 6.52. The van der Waals surface area contributed by atoms with Gasteiger partial charge in [-0.05, 0) is 0 Å². The zero-order chi connectivity index (χ0) is 9.78. The minimum Gasteiger partial charge on any atom is -0.250 e. The first-order valence-electron chi connectivity index (χ1n) is 3.20. The van der Waals surface area contributed by atoms with Crippen LogP contribution in [0.25, 0.3) is 0 Å². The summed E-state index contributed by atoms with van der Waals surface area (Å²) >= 11 is 0.757. The molecule has 0 unspecified atom stereocenters. The number of H-pyrrole nitrogens is 4. The summed E-state index contributed by atoms with van der Waals surface area (Å²) < 4.78 is 0. The fourth-order valence-corrected chi connectivity index (χ4v) is 0.481. The first-order valence-corrected chi connectivity index (χ1v) is 5.80. The maximum absolute atomic E-state index is 4.67. The topological polar surface area (TPSA) is 59.9 Å². The van der Waals surface area contributed by atoms with Crippen molar-refractivity contribution in [3.05, 3.63) is 37.4 Å². The van der Waals surface area contributed by atoms with Gasteiger partial charge in [-0.25, -0.2) is 0 Å². The third kappa shape index (κ3) is 11.5. The largest absolute Gasteiger partial charge is 0.250 e. The van der Waals surface area contributed by atoms with Crippen molar-refractivity contribution in [3.8, 4) is 0 Å². The van der Waals surface area contributed by atoms with Crippen molar-refractivity contribution in [2.24, 2.45) is 0 Å². The van der Waals surface area contributed by atoms with Crippen LogP contribution < -0.4 is 9.97 Å². The molecule has 2 rings (SSSR count). The molecule has 2 aromatic rings. The van der Waals surface area contributed by atoms with E-state index in [0.717, 1.165) is 13.1 Å². The molecule has 0 saturated carbocycles. The third-order valence-corrected chi connectivity index (χ3v) is 0.885. The number of halogens is 2. The Bertz CT molecular complexity index is 174. The molecule has 13 heavy (non-hydrogen) atoms. The van der Waals surface area contributed by atoms with Crippen LogP contribution in [0, 0.1) is 0 Å². The normalized spacial score (nSPS) is 7.85. The fraction of sp³-hybridized carbons (Fsp3) is 0. The molecule has 0 radical (unpaired) electrons. The molecular formula is C6H10Cl2CuN4. The van der Waals surface area contributed by atoms with E-state index in [1.165, 1.54) is 0 Å². The van der Waals surface area contributed by atoms with Gasteiger partial charge in [0.05, 0.1) is 0 Å². The third-order valence-electron chi connectivity index (χ3n) is 0.885. The molecule has 7 heteroatoms. The summed E-state index contributed by atoms with van der Waals surface area (Å²) in [5, 5.41) is 0. The molecule has 0 aliphatic rings. The van der Waals surface area contributed by atoms with Gasteiger partial charge < -0.3 is 0 Å². The molecule has 79 valence electrons. The Kier molecular flexibility index (Phi) is 11.1. The van der Waals surface area contributed by atoms with Crippen LogP contribution in [0.5, 0.6) is 0 Å². The molecule has 0 bridgehead atoms. The van der Waals surface area contributed by atoms with Crippen molar-refractivity contribution in [3.63, 3.8) is 0 Å². The van der Waals surface area contributed by atoms with E-state index in [1.54, 1.807) is 12.7 Å². The summed E-state index contributed by atoms with van der Waals surface area (Å²) in [7, 11) is 9.34. The van der Waals surface area contributed by atoms with E-state index in [4.69, 9.17) is 0 Å². The van der Waals surface area contributed by atoms with E-state index in [9.17, 15) is 0 Å². The summed E-state index contributed by atoms with van der Waals surface area (Å²) in [6, 6.07) is 0. The summed E-state index contributed by atoms with van der Waals surface area (Å²) in [5.74, 6) is 0. The van der Waals surface area contributed by atoms with Crippen LogP contribution in [-0.2, 0) is 13.1 Å². The van der Waals surface area contributed by atoms with E-state index < -0.39 is 0 Å². The smallest absolute Gasteiger partial charge is 0.239 e. The van der Waals surface area contributed by atoms with Gasteiger partial charge in [0.1, 0.15) is 24.8 Å². The van der Waals surface area contributed by atoms with Gasteiger partial charge in [0, 0.05) is 0 Å². The molecule has 0 saturated heterocycles.